The standard InChI is InChI=1S/C33H47N5O5S/c1-24-10-9-11-26(35-24)31(41)38-20-21-43-33(23-38)14-18-37(19-15-33)17-8-6-4-2-3-5-7-16-34-22-28(40)25-12-13-27(39)29-30(25)44-32(42)36-29/h9-13,28,34,39-40H,2-8,14-23H2,1H3,(H,36,42). The highest BCUT2D eigenvalue weighted by Gasteiger charge is 2.41. The summed E-state index contributed by atoms with van der Waals surface area (Å²) in [6.45, 7) is 8.23. The lowest BCUT2D eigenvalue weighted by Gasteiger charge is -2.47. The number of nitrogens with zero attached hydrogens (tertiary/aromatic N) is 3. The number of aliphatic hydroxyl groups excluding tert-OH is 1. The van der Waals surface area contributed by atoms with E-state index in [1.54, 1.807) is 12.1 Å². The average molecular weight is 626 g/mol. The molecule has 240 valence electrons. The number of H-pyrrole nitrogens is 1. The number of aromatic amines is 1. The van der Waals surface area contributed by atoms with Crippen molar-refractivity contribution >= 4 is 27.5 Å². The minimum absolute atomic E-state index is 0.0129. The lowest BCUT2D eigenvalue weighted by molar-refractivity contribution is -0.127. The van der Waals surface area contributed by atoms with Crippen LogP contribution < -0.4 is 10.2 Å². The van der Waals surface area contributed by atoms with Gasteiger partial charge >= 0.3 is 4.87 Å². The molecule has 4 N–H and O–H groups in total. The van der Waals surface area contributed by atoms with Crippen LogP contribution in [0.1, 0.15) is 85.6 Å². The number of phenolic OH excluding ortho intramolecular Hbond substituents is 1. The van der Waals surface area contributed by atoms with Gasteiger partial charge in [-0.15, -0.1) is 0 Å². The fourth-order valence-electron chi connectivity index (χ4n) is 6.45. The van der Waals surface area contributed by atoms with Gasteiger partial charge < -0.3 is 35.1 Å². The first-order valence-corrected chi connectivity index (χ1v) is 17.0. The quantitative estimate of drug-likeness (QED) is 0.195. The molecule has 2 fully saturated rings. The number of thiazole rings is 1. The highest BCUT2D eigenvalue weighted by atomic mass is 32.1. The summed E-state index contributed by atoms with van der Waals surface area (Å²) in [5, 5.41) is 23.9. The third kappa shape index (κ3) is 8.45. The second-order valence-corrected chi connectivity index (χ2v) is 13.3. The van der Waals surface area contributed by atoms with Gasteiger partial charge in [-0.2, -0.15) is 0 Å². The molecule has 11 heteroatoms. The van der Waals surface area contributed by atoms with Crippen LogP contribution in [-0.2, 0) is 4.74 Å². The summed E-state index contributed by atoms with van der Waals surface area (Å²) in [5.74, 6) is 0.0369. The third-order valence-corrected chi connectivity index (χ3v) is 9.95. The number of fused-ring (bicyclic) bond motifs is 1. The minimum Gasteiger partial charge on any atom is -0.506 e. The molecule has 2 saturated heterocycles. The molecule has 0 saturated carbocycles. The molecule has 4 heterocycles. The maximum atomic E-state index is 13.0. The zero-order chi connectivity index (χ0) is 30.9. The highest BCUT2D eigenvalue weighted by Crippen LogP contribution is 2.32. The van der Waals surface area contributed by atoms with Gasteiger partial charge in [-0.25, -0.2) is 4.98 Å². The zero-order valence-electron chi connectivity index (χ0n) is 25.9. The predicted molar refractivity (Wildman–Crippen MR) is 173 cm³/mol. The van der Waals surface area contributed by atoms with Gasteiger partial charge in [0.05, 0.1) is 29.6 Å². The van der Waals surface area contributed by atoms with E-state index in [2.05, 4.69) is 20.2 Å². The van der Waals surface area contributed by atoms with Crippen molar-refractivity contribution in [3.63, 3.8) is 0 Å². The van der Waals surface area contributed by atoms with Crippen LogP contribution in [0.5, 0.6) is 5.75 Å². The van der Waals surface area contributed by atoms with Crippen LogP contribution in [0.2, 0.25) is 0 Å². The van der Waals surface area contributed by atoms with E-state index in [0.29, 0.717) is 47.7 Å². The first-order chi connectivity index (χ1) is 21.3. The molecule has 3 aromatic rings. The Morgan fingerprint density at radius 1 is 1.09 bits per heavy atom. The van der Waals surface area contributed by atoms with Crippen LogP contribution in [0.15, 0.2) is 35.1 Å². The maximum Gasteiger partial charge on any atom is 0.305 e. The molecule has 1 spiro atoms. The van der Waals surface area contributed by atoms with Crippen LogP contribution in [0.4, 0.5) is 0 Å². The van der Waals surface area contributed by atoms with Crippen molar-refractivity contribution in [3.05, 3.63) is 57.0 Å². The number of ether oxygens (including phenoxy) is 1. The van der Waals surface area contributed by atoms with E-state index in [1.165, 1.54) is 44.6 Å². The van der Waals surface area contributed by atoms with Crippen LogP contribution >= 0.6 is 11.3 Å². The Labute approximate surface area is 263 Å². The summed E-state index contributed by atoms with van der Waals surface area (Å²) in [7, 11) is 0. The molecule has 0 radical (unpaired) electrons. The summed E-state index contributed by atoms with van der Waals surface area (Å²) in [6.07, 6.45) is 9.63. The Morgan fingerprint density at radius 3 is 2.61 bits per heavy atom. The number of carbonyl (C=O) groups excluding carboxylic acids is 1. The van der Waals surface area contributed by atoms with Gasteiger partial charge in [0.1, 0.15) is 17.0 Å². The smallest absolute Gasteiger partial charge is 0.305 e. The Bertz CT molecular complexity index is 1430. The van der Waals surface area contributed by atoms with Crippen LogP contribution in [0.25, 0.3) is 10.2 Å². The zero-order valence-corrected chi connectivity index (χ0v) is 26.7. The van der Waals surface area contributed by atoms with Crippen molar-refractivity contribution in [2.75, 3.05) is 52.4 Å². The normalized spacial score (nSPS) is 17.8. The molecule has 10 nitrogen and oxygen atoms in total. The number of amides is 1. The maximum absolute atomic E-state index is 13.0. The number of pyridine rings is 1. The highest BCUT2D eigenvalue weighted by molar-refractivity contribution is 7.16. The number of phenols is 1. The van der Waals surface area contributed by atoms with E-state index in [-0.39, 0.29) is 22.1 Å². The Morgan fingerprint density at radius 2 is 1.84 bits per heavy atom. The monoisotopic (exact) mass is 625 g/mol. The fraction of sp³-hybridized carbons (Fsp3) is 0.606. The van der Waals surface area contributed by atoms with Crippen molar-refractivity contribution in [3.8, 4) is 5.75 Å². The van der Waals surface area contributed by atoms with Gasteiger partial charge in [0.2, 0.25) is 0 Å². The van der Waals surface area contributed by atoms with Gasteiger partial charge in [-0.3, -0.25) is 9.59 Å². The van der Waals surface area contributed by atoms with Crippen LogP contribution in [0, 0.1) is 6.92 Å². The van der Waals surface area contributed by atoms with E-state index in [4.69, 9.17) is 4.74 Å². The number of hydrogen-bond donors (Lipinski definition) is 4. The second kappa shape index (κ2) is 15.4. The number of carbonyl (C=O) groups is 1. The van der Waals surface area contributed by atoms with Gasteiger partial charge in [0.15, 0.2) is 0 Å². The number of likely N-dealkylation sites (tertiary alicyclic amines) is 1. The lowest BCUT2D eigenvalue weighted by Crippen LogP contribution is -2.58. The molecule has 1 amide bonds. The number of aryl methyl sites for hydroxylation is 1. The summed E-state index contributed by atoms with van der Waals surface area (Å²) >= 11 is 1.01. The van der Waals surface area contributed by atoms with E-state index in [9.17, 15) is 19.8 Å². The first kappa shape index (κ1) is 32.6. The van der Waals surface area contributed by atoms with Crippen molar-refractivity contribution in [2.24, 2.45) is 0 Å². The van der Waals surface area contributed by atoms with Crippen molar-refractivity contribution in [1.29, 1.82) is 0 Å². The fourth-order valence-corrected chi connectivity index (χ4v) is 7.37. The number of unbranched alkanes of at least 4 members (excludes halogenated alkanes) is 6. The van der Waals surface area contributed by atoms with Gasteiger partial charge in [-0.05, 0) is 63.9 Å². The molecule has 2 aliphatic heterocycles. The SMILES string of the molecule is Cc1cccc(C(=O)N2CCOC3(CCN(CCCCCCCCCNCC(O)c4ccc(O)c5[nH]c(=O)sc45)CC3)C2)n1. The Balaban J connectivity index is 0.890. The largest absolute Gasteiger partial charge is 0.506 e. The number of hydrogen-bond acceptors (Lipinski definition) is 9. The predicted octanol–water partition coefficient (Wildman–Crippen LogP) is 4.36. The number of nitrogens with one attached hydrogen (secondary N) is 2. The molecule has 44 heavy (non-hydrogen) atoms. The summed E-state index contributed by atoms with van der Waals surface area (Å²) in [5.41, 5.74) is 2.23. The lowest BCUT2D eigenvalue weighted by atomic mass is 9.89. The van der Waals surface area contributed by atoms with Crippen LogP contribution in [-0.4, -0.2) is 93.9 Å². The third-order valence-electron chi connectivity index (χ3n) is 9.02. The number of aromatic hydroxyl groups is 1. The Kier molecular flexibility index (Phi) is 11.4. The number of benzene rings is 1. The van der Waals surface area contributed by atoms with Crippen molar-refractivity contribution in [1.82, 2.24) is 25.1 Å². The van der Waals surface area contributed by atoms with Gasteiger partial charge in [0, 0.05) is 37.4 Å². The number of piperidine rings is 1. The van der Waals surface area contributed by atoms with Gasteiger partial charge in [-0.1, -0.05) is 55.6 Å². The molecule has 5 rings (SSSR count). The van der Waals surface area contributed by atoms with E-state index in [1.807, 2.05) is 24.0 Å². The number of morpholine rings is 1. The molecule has 1 atom stereocenters. The van der Waals surface area contributed by atoms with E-state index < -0.39 is 6.10 Å². The molecule has 2 aliphatic rings. The summed E-state index contributed by atoms with van der Waals surface area (Å²) in [6, 6.07) is 8.82. The average Bonchev–Trinajstić information content (AvgIpc) is 3.42. The van der Waals surface area contributed by atoms with E-state index in [0.717, 1.165) is 62.5 Å². The molecule has 1 unspecified atom stereocenters. The van der Waals surface area contributed by atoms with Crippen molar-refractivity contribution < 1.29 is 19.7 Å². The van der Waals surface area contributed by atoms with Gasteiger partial charge in [0.25, 0.3) is 5.91 Å². The first-order valence-electron chi connectivity index (χ1n) is 16.2. The van der Waals surface area contributed by atoms with E-state index >= 15 is 0 Å². The topological polar surface area (TPSA) is 131 Å². The molecule has 0 bridgehead atoms. The second-order valence-electron chi connectivity index (χ2n) is 12.4. The van der Waals surface area contributed by atoms with Crippen LogP contribution in [0.3, 0.4) is 0 Å². The Hall–Kier alpha value is -2.83. The number of aromatic nitrogens is 2. The number of rotatable bonds is 14. The number of aliphatic hydroxyl groups is 1. The molecular formula is C33H47N5O5S. The minimum atomic E-state index is -0.731. The summed E-state index contributed by atoms with van der Waals surface area (Å²) < 4.78 is 6.89. The molecular weight excluding hydrogens is 578 g/mol. The molecule has 2 aromatic heterocycles. The summed E-state index contributed by atoms with van der Waals surface area (Å²) in [4.78, 5) is 36.0. The molecule has 1 aromatic carbocycles. The molecule has 0 aliphatic carbocycles. The van der Waals surface area contributed by atoms with Crippen molar-refractivity contribution in [2.45, 2.75) is 76.4 Å².